The number of ketones is 1. The second-order valence-corrected chi connectivity index (χ2v) is 2.73. The van der Waals surface area contributed by atoms with Crippen LogP contribution >= 0.6 is 0 Å². The Balaban J connectivity index is 3.69. The Morgan fingerprint density at radius 2 is 2.00 bits per heavy atom. The molecule has 1 N–H and O–H groups in total. The lowest BCUT2D eigenvalue weighted by molar-refractivity contribution is -0.133. The molecule has 0 fully saturated rings. The summed E-state index contributed by atoms with van der Waals surface area (Å²) in [5, 5.41) is 8.40. The second kappa shape index (κ2) is 5.52. The summed E-state index contributed by atoms with van der Waals surface area (Å²) in [7, 11) is 0. The van der Waals surface area contributed by atoms with Gasteiger partial charge in [0.1, 0.15) is 5.78 Å². The molecule has 0 aromatic rings. The molecular formula is C9H14O3. The van der Waals surface area contributed by atoms with Crippen LogP contribution in [0.3, 0.4) is 0 Å². The van der Waals surface area contributed by atoms with E-state index in [1.807, 2.05) is 6.92 Å². The summed E-state index contributed by atoms with van der Waals surface area (Å²) in [4.78, 5) is 21.2. The summed E-state index contributed by atoms with van der Waals surface area (Å²) in [5.74, 6) is -1.12. The van der Waals surface area contributed by atoms with E-state index in [9.17, 15) is 9.59 Å². The van der Waals surface area contributed by atoms with Crippen LogP contribution in [-0.2, 0) is 9.59 Å². The summed E-state index contributed by atoms with van der Waals surface area (Å²) in [5.41, 5.74) is -0.0175. The van der Waals surface area contributed by atoms with Crippen molar-refractivity contribution in [2.75, 3.05) is 0 Å². The van der Waals surface area contributed by atoms with Crippen molar-refractivity contribution in [3.63, 3.8) is 0 Å². The lowest BCUT2D eigenvalue weighted by Crippen LogP contribution is -2.06. The molecule has 0 aliphatic carbocycles. The van der Waals surface area contributed by atoms with Crippen molar-refractivity contribution >= 4 is 11.8 Å². The normalized spacial score (nSPS) is 9.42. The molecule has 0 aliphatic rings. The number of carbonyl (C=O) groups excluding carboxylic acids is 1. The highest BCUT2D eigenvalue weighted by Crippen LogP contribution is 2.04. The van der Waals surface area contributed by atoms with Gasteiger partial charge in [-0.3, -0.25) is 4.79 Å². The van der Waals surface area contributed by atoms with E-state index in [1.165, 1.54) is 0 Å². The summed E-state index contributed by atoms with van der Waals surface area (Å²) < 4.78 is 0. The fraction of sp³-hybridized carbons (Fsp3) is 0.556. The molecule has 0 bridgehead atoms. The Labute approximate surface area is 72.1 Å². The molecule has 0 aromatic heterocycles. The number of aliphatic carboxylic acids is 1. The zero-order chi connectivity index (χ0) is 9.56. The molecule has 0 heterocycles. The predicted molar refractivity (Wildman–Crippen MR) is 45.9 cm³/mol. The van der Waals surface area contributed by atoms with Crippen LogP contribution in [0.25, 0.3) is 0 Å². The molecule has 0 radical (unpaired) electrons. The van der Waals surface area contributed by atoms with Crippen LogP contribution in [0.15, 0.2) is 12.2 Å². The molecule has 0 rings (SSSR count). The van der Waals surface area contributed by atoms with Crippen LogP contribution in [0.5, 0.6) is 0 Å². The Hall–Kier alpha value is -1.12. The van der Waals surface area contributed by atoms with E-state index in [-0.39, 0.29) is 17.8 Å². The highest BCUT2D eigenvalue weighted by molar-refractivity contribution is 5.94. The second-order valence-electron chi connectivity index (χ2n) is 2.73. The average Bonchev–Trinajstić information content (AvgIpc) is 2.00. The molecule has 0 amide bonds. The van der Waals surface area contributed by atoms with E-state index in [4.69, 9.17) is 5.11 Å². The highest BCUT2D eigenvalue weighted by atomic mass is 16.4. The van der Waals surface area contributed by atoms with Gasteiger partial charge < -0.3 is 5.11 Å². The summed E-state index contributed by atoms with van der Waals surface area (Å²) in [6, 6.07) is 0. The third kappa shape index (κ3) is 4.66. The number of carboxylic acids is 1. The van der Waals surface area contributed by atoms with Gasteiger partial charge >= 0.3 is 5.97 Å². The SMILES string of the molecule is C=C(CC(=O)CCCC)C(=O)O. The van der Waals surface area contributed by atoms with Gasteiger partial charge in [0.15, 0.2) is 0 Å². The molecule has 0 saturated heterocycles. The Morgan fingerprint density at radius 3 is 2.42 bits per heavy atom. The van der Waals surface area contributed by atoms with Gasteiger partial charge in [-0.1, -0.05) is 19.9 Å². The molecule has 3 nitrogen and oxygen atoms in total. The van der Waals surface area contributed by atoms with Crippen molar-refractivity contribution in [3.8, 4) is 0 Å². The molecule has 3 heteroatoms. The largest absolute Gasteiger partial charge is 0.478 e. The van der Waals surface area contributed by atoms with Gasteiger partial charge in [-0.25, -0.2) is 4.79 Å². The van der Waals surface area contributed by atoms with E-state index in [0.29, 0.717) is 6.42 Å². The smallest absolute Gasteiger partial charge is 0.331 e. The van der Waals surface area contributed by atoms with Crippen molar-refractivity contribution in [3.05, 3.63) is 12.2 Å². The van der Waals surface area contributed by atoms with Crippen LogP contribution in [0.4, 0.5) is 0 Å². The maximum Gasteiger partial charge on any atom is 0.331 e. The predicted octanol–water partition coefficient (Wildman–Crippen LogP) is 1.78. The van der Waals surface area contributed by atoms with Crippen LogP contribution in [0, 0.1) is 0 Å². The average molecular weight is 170 g/mol. The van der Waals surface area contributed by atoms with Crippen LogP contribution in [0.2, 0.25) is 0 Å². The van der Waals surface area contributed by atoms with Gasteiger partial charge in [0.2, 0.25) is 0 Å². The standard InChI is InChI=1S/C9H14O3/c1-3-4-5-8(10)6-7(2)9(11)12/h2-6H2,1H3,(H,11,12). The molecule has 12 heavy (non-hydrogen) atoms. The summed E-state index contributed by atoms with van der Waals surface area (Å²) in [6.07, 6.45) is 2.22. The molecule has 0 atom stereocenters. The molecule has 0 spiro atoms. The van der Waals surface area contributed by atoms with Crippen molar-refractivity contribution < 1.29 is 14.7 Å². The van der Waals surface area contributed by atoms with Crippen molar-refractivity contribution in [1.82, 2.24) is 0 Å². The maximum absolute atomic E-state index is 11.0. The minimum absolute atomic E-state index is 0.0175. The van der Waals surface area contributed by atoms with Gasteiger partial charge in [0.25, 0.3) is 0 Å². The van der Waals surface area contributed by atoms with E-state index >= 15 is 0 Å². The van der Waals surface area contributed by atoms with Crippen LogP contribution in [-0.4, -0.2) is 16.9 Å². The molecular weight excluding hydrogens is 156 g/mol. The highest BCUT2D eigenvalue weighted by Gasteiger charge is 2.09. The van der Waals surface area contributed by atoms with Crippen molar-refractivity contribution in [2.45, 2.75) is 32.6 Å². The first kappa shape index (κ1) is 10.9. The molecule has 0 saturated carbocycles. The van der Waals surface area contributed by atoms with Crippen LogP contribution in [0.1, 0.15) is 32.6 Å². The van der Waals surface area contributed by atoms with Gasteiger partial charge in [0, 0.05) is 18.4 Å². The summed E-state index contributed by atoms with van der Waals surface area (Å²) in [6.45, 7) is 5.27. The number of carbonyl (C=O) groups is 2. The van der Waals surface area contributed by atoms with E-state index in [1.54, 1.807) is 0 Å². The monoisotopic (exact) mass is 170 g/mol. The minimum atomic E-state index is -1.08. The minimum Gasteiger partial charge on any atom is -0.478 e. The van der Waals surface area contributed by atoms with Crippen molar-refractivity contribution in [1.29, 1.82) is 0 Å². The first-order valence-electron chi connectivity index (χ1n) is 4.00. The first-order chi connectivity index (χ1) is 5.57. The summed E-state index contributed by atoms with van der Waals surface area (Å²) >= 11 is 0. The first-order valence-corrected chi connectivity index (χ1v) is 4.00. The third-order valence-electron chi connectivity index (χ3n) is 1.52. The molecule has 68 valence electrons. The number of unbranched alkanes of at least 4 members (excludes halogenated alkanes) is 1. The van der Waals surface area contributed by atoms with Gasteiger partial charge in [-0.05, 0) is 6.42 Å². The number of rotatable bonds is 6. The Kier molecular flexibility index (Phi) is 5.00. The van der Waals surface area contributed by atoms with Crippen LogP contribution < -0.4 is 0 Å². The fourth-order valence-corrected chi connectivity index (χ4v) is 0.776. The maximum atomic E-state index is 11.0. The quantitative estimate of drug-likeness (QED) is 0.618. The van der Waals surface area contributed by atoms with E-state index in [0.717, 1.165) is 12.8 Å². The zero-order valence-corrected chi connectivity index (χ0v) is 7.30. The number of hydrogen-bond acceptors (Lipinski definition) is 2. The van der Waals surface area contributed by atoms with E-state index in [2.05, 4.69) is 6.58 Å². The van der Waals surface area contributed by atoms with Crippen molar-refractivity contribution in [2.24, 2.45) is 0 Å². The zero-order valence-electron chi connectivity index (χ0n) is 7.30. The lowest BCUT2D eigenvalue weighted by atomic mass is 10.1. The Bertz CT molecular complexity index is 194. The topological polar surface area (TPSA) is 54.4 Å². The van der Waals surface area contributed by atoms with E-state index < -0.39 is 5.97 Å². The molecule has 0 unspecified atom stereocenters. The lowest BCUT2D eigenvalue weighted by Gasteiger charge is -1.98. The third-order valence-corrected chi connectivity index (χ3v) is 1.52. The fourth-order valence-electron chi connectivity index (χ4n) is 0.776. The number of Topliss-reactive ketones (excluding diaryl/α,β-unsaturated/α-hetero) is 1. The van der Waals surface area contributed by atoms with Gasteiger partial charge in [-0.15, -0.1) is 0 Å². The molecule has 0 aromatic carbocycles. The Morgan fingerprint density at radius 1 is 1.42 bits per heavy atom. The van der Waals surface area contributed by atoms with Gasteiger partial charge in [0.05, 0.1) is 0 Å². The van der Waals surface area contributed by atoms with Gasteiger partial charge in [-0.2, -0.15) is 0 Å². The number of hydrogen-bond donors (Lipinski definition) is 1. The number of carboxylic acid groups (broad SMARTS) is 1. The molecule has 0 aliphatic heterocycles.